The SMILES string of the molecule is CC(C)C[C@H](CN)Cc1nc(C2(C)CC2)no1. The smallest absolute Gasteiger partial charge is 0.226 e. The third-order valence-corrected chi connectivity index (χ3v) is 3.61. The Labute approximate surface area is 103 Å². The van der Waals surface area contributed by atoms with Gasteiger partial charge in [-0.25, -0.2) is 0 Å². The summed E-state index contributed by atoms with van der Waals surface area (Å²) in [7, 11) is 0. The van der Waals surface area contributed by atoms with Crippen molar-refractivity contribution in [3.63, 3.8) is 0 Å². The Bertz CT molecular complexity index is 368. The molecule has 2 N–H and O–H groups in total. The molecule has 2 rings (SSSR count). The van der Waals surface area contributed by atoms with Crippen molar-refractivity contribution in [2.75, 3.05) is 6.54 Å². The minimum Gasteiger partial charge on any atom is -0.339 e. The van der Waals surface area contributed by atoms with E-state index in [0.29, 0.717) is 18.4 Å². The lowest BCUT2D eigenvalue weighted by Crippen LogP contribution is -2.19. The molecule has 1 aromatic heterocycles. The van der Waals surface area contributed by atoms with Crippen LogP contribution in [0.15, 0.2) is 4.52 Å². The molecule has 0 amide bonds. The van der Waals surface area contributed by atoms with Gasteiger partial charge in [-0.3, -0.25) is 0 Å². The Balaban J connectivity index is 1.95. The van der Waals surface area contributed by atoms with Gasteiger partial charge in [0.2, 0.25) is 5.89 Å². The Morgan fingerprint density at radius 1 is 1.41 bits per heavy atom. The van der Waals surface area contributed by atoms with Gasteiger partial charge in [-0.1, -0.05) is 25.9 Å². The Morgan fingerprint density at radius 2 is 2.12 bits per heavy atom. The molecule has 1 aliphatic carbocycles. The maximum absolute atomic E-state index is 5.78. The second kappa shape index (κ2) is 4.77. The molecule has 96 valence electrons. The number of nitrogens with two attached hydrogens (primary N) is 1. The van der Waals surface area contributed by atoms with Crippen LogP contribution in [0.25, 0.3) is 0 Å². The average Bonchev–Trinajstić information content (AvgIpc) is 2.84. The van der Waals surface area contributed by atoms with E-state index in [1.165, 1.54) is 12.8 Å². The predicted octanol–water partition coefficient (Wildman–Crippen LogP) is 2.28. The standard InChI is InChI=1S/C13H23N3O/c1-9(2)6-10(8-14)7-11-15-12(16-17-11)13(3)4-5-13/h9-10H,4-8,14H2,1-3H3/t10-/m0/s1. The highest BCUT2D eigenvalue weighted by molar-refractivity contribution is 5.14. The summed E-state index contributed by atoms with van der Waals surface area (Å²) in [6, 6.07) is 0. The Kier molecular flexibility index (Phi) is 3.52. The summed E-state index contributed by atoms with van der Waals surface area (Å²) in [5, 5.41) is 4.09. The summed E-state index contributed by atoms with van der Waals surface area (Å²) >= 11 is 0. The fraction of sp³-hybridized carbons (Fsp3) is 0.846. The second-order valence-electron chi connectivity index (χ2n) is 6.01. The van der Waals surface area contributed by atoms with E-state index in [-0.39, 0.29) is 5.41 Å². The molecule has 0 saturated heterocycles. The van der Waals surface area contributed by atoms with Gasteiger partial charge >= 0.3 is 0 Å². The molecule has 1 aromatic rings. The minimum atomic E-state index is 0.192. The lowest BCUT2D eigenvalue weighted by Gasteiger charge is -2.14. The quantitative estimate of drug-likeness (QED) is 0.824. The van der Waals surface area contributed by atoms with Crippen LogP contribution in [0.3, 0.4) is 0 Å². The minimum absolute atomic E-state index is 0.192. The summed E-state index contributed by atoms with van der Waals surface area (Å²) in [6.45, 7) is 7.31. The second-order valence-corrected chi connectivity index (χ2v) is 6.01. The van der Waals surface area contributed by atoms with Gasteiger partial charge in [-0.15, -0.1) is 0 Å². The lowest BCUT2D eigenvalue weighted by molar-refractivity contribution is 0.328. The van der Waals surface area contributed by atoms with Crippen molar-refractivity contribution in [3.8, 4) is 0 Å². The molecule has 1 fully saturated rings. The van der Waals surface area contributed by atoms with E-state index in [9.17, 15) is 0 Å². The maximum Gasteiger partial charge on any atom is 0.226 e. The molecule has 1 atom stereocenters. The van der Waals surface area contributed by atoms with Crippen LogP contribution in [-0.2, 0) is 11.8 Å². The Hall–Kier alpha value is -0.900. The van der Waals surface area contributed by atoms with Gasteiger partial charge < -0.3 is 10.3 Å². The molecule has 0 spiro atoms. The van der Waals surface area contributed by atoms with Crippen LogP contribution in [0, 0.1) is 11.8 Å². The van der Waals surface area contributed by atoms with Crippen LogP contribution in [0.1, 0.15) is 51.7 Å². The number of aromatic nitrogens is 2. The van der Waals surface area contributed by atoms with E-state index in [1.54, 1.807) is 0 Å². The zero-order valence-electron chi connectivity index (χ0n) is 11.1. The van der Waals surface area contributed by atoms with Crippen LogP contribution in [0.2, 0.25) is 0 Å². The third-order valence-electron chi connectivity index (χ3n) is 3.61. The Morgan fingerprint density at radius 3 is 2.65 bits per heavy atom. The first-order valence-corrected chi connectivity index (χ1v) is 6.56. The van der Waals surface area contributed by atoms with Crippen molar-refractivity contribution in [2.24, 2.45) is 17.6 Å². The molecule has 0 radical (unpaired) electrons. The first-order valence-electron chi connectivity index (χ1n) is 6.56. The average molecular weight is 237 g/mol. The molecule has 0 bridgehead atoms. The van der Waals surface area contributed by atoms with Crippen molar-refractivity contribution in [3.05, 3.63) is 11.7 Å². The topological polar surface area (TPSA) is 64.9 Å². The van der Waals surface area contributed by atoms with Gasteiger partial charge in [0, 0.05) is 11.8 Å². The fourth-order valence-electron chi connectivity index (χ4n) is 2.17. The molecular weight excluding hydrogens is 214 g/mol. The van der Waals surface area contributed by atoms with Crippen LogP contribution in [-0.4, -0.2) is 16.7 Å². The molecule has 0 aliphatic heterocycles. The van der Waals surface area contributed by atoms with Crippen molar-refractivity contribution in [2.45, 2.75) is 51.9 Å². The normalized spacial score (nSPS) is 19.6. The molecule has 0 unspecified atom stereocenters. The van der Waals surface area contributed by atoms with Crippen molar-refractivity contribution >= 4 is 0 Å². The van der Waals surface area contributed by atoms with E-state index in [1.807, 2.05) is 0 Å². The molecule has 0 aromatic carbocycles. The van der Waals surface area contributed by atoms with E-state index < -0.39 is 0 Å². The number of rotatable bonds is 6. The van der Waals surface area contributed by atoms with Crippen LogP contribution >= 0.6 is 0 Å². The predicted molar refractivity (Wildman–Crippen MR) is 66.6 cm³/mol. The van der Waals surface area contributed by atoms with E-state index in [0.717, 1.165) is 24.6 Å². The molecule has 1 heterocycles. The molecule has 4 nitrogen and oxygen atoms in total. The molecule has 17 heavy (non-hydrogen) atoms. The summed E-state index contributed by atoms with van der Waals surface area (Å²) < 4.78 is 5.33. The molecule has 4 heteroatoms. The number of hydrogen-bond acceptors (Lipinski definition) is 4. The summed E-state index contributed by atoms with van der Waals surface area (Å²) in [5.41, 5.74) is 5.98. The van der Waals surface area contributed by atoms with Crippen LogP contribution in [0.4, 0.5) is 0 Å². The van der Waals surface area contributed by atoms with Gasteiger partial charge in [0.15, 0.2) is 5.82 Å². The first-order chi connectivity index (χ1) is 8.03. The van der Waals surface area contributed by atoms with E-state index in [4.69, 9.17) is 10.3 Å². The molecule has 1 aliphatic rings. The molecule has 1 saturated carbocycles. The number of hydrogen-bond donors (Lipinski definition) is 1. The number of nitrogens with zero attached hydrogens (tertiary/aromatic N) is 2. The van der Waals surface area contributed by atoms with Gasteiger partial charge in [0.25, 0.3) is 0 Å². The van der Waals surface area contributed by atoms with Gasteiger partial charge in [-0.2, -0.15) is 4.98 Å². The fourth-order valence-corrected chi connectivity index (χ4v) is 2.17. The monoisotopic (exact) mass is 237 g/mol. The van der Waals surface area contributed by atoms with Crippen molar-refractivity contribution in [1.29, 1.82) is 0 Å². The largest absolute Gasteiger partial charge is 0.339 e. The van der Waals surface area contributed by atoms with E-state index in [2.05, 4.69) is 30.9 Å². The highest BCUT2D eigenvalue weighted by Crippen LogP contribution is 2.46. The highest BCUT2D eigenvalue weighted by Gasteiger charge is 2.43. The summed E-state index contributed by atoms with van der Waals surface area (Å²) in [6.07, 6.45) is 4.29. The van der Waals surface area contributed by atoms with E-state index >= 15 is 0 Å². The van der Waals surface area contributed by atoms with Crippen molar-refractivity contribution in [1.82, 2.24) is 10.1 Å². The zero-order chi connectivity index (χ0) is 12.5. The zero-order valence-corrected chi connectivity index (χ0v) is 11.1. The van der Waals surface area contributed by atoms with Gasteiger partial charge in [0.1, 0.15) is 0 Å². The van der Waals surface area contributed by atoms with Crippen molar-refractivity contribution < 1.29 is 4.52 Å². The summed E-state index contributed by atoms with van der Waals surface area (Å²) in [4.78, 5) is 4.51. The van der Waals surface area contributed by atoms with Crippen LogP contribution in [0.5, 0.6) is 0 Å². The highest BCUT2D eigenvalue weighted by atomic mass is 16.5. The third kappa shape index (κ3) is 3.06. The maximum atomic E-state index is 5.78. The first kappa shape index (κ1) is 12.6. The summed E-state index contributed by atoms with van der Waals surface area (Å²) in [5.74, 6) is 2.75. The van der Waals surface area contributed by atoms with Gasteiger partial charge in [-0.05, 0) is 37.6 Å². The molecular formula is C13H23N3O. The lowest BCUT2D eigenvalue weighted by atomic mass is 9.94. The van der Waals surface area contributed by atoms with Crippen LogP contribution < -0.4 is 5.73 Å². The van der Waals surface area contributed by atoms with Gasteiger partial charge in [0.05, 0.1) is 0 Å².